The van der Waals surface area contributed by atoms with E-state index >= 15 is 0 Å². The van der Waals surface area contributed by atoms with Crippen LogP contribution in [0.25, 0.3) is 0 Å². The number of allylic oxidation sites excluding steroid dienone is 10. The third-order valence-corrected chi connectivity index (χ3v) is 1.11. The molecule has 0 aromatic heterocycles. The lowest BCUT2D eigenvalue weighted by Gasteiger charge is -1.73. The number of aliphatic hydroxyl groups is 1. The average molecular weight is 174 g/mol. The van der Waals surface area contributed by atoms with E-state index in [1.54, 1.807) is 18.2 Å². The maximum absolute atomic E-state index is 8.28. The summed E-state index contributed by atoms with van der Waals surface area (Å²) in [5, 5.41) is 8.28. The van der Waals surface area contributed by atoms with Crippen molar-refractivity contribution in [2.45, 2.75) is 0 Å². The van der Waals surface area contributed by atoms with E-state index < -0.39 is 0 Å². The molecule has 0 radical (unpaired) electrons. The number of aliphatic hydroxyl groups excluding tert-OH is 1. The summed E-state index contributed by atoms with van der Waals surface area (Å²) in [7, 11) is 0. The van der Waals surface area contributed by atoms with Crippen LogP contribution in [0.3, 0.4) is 0 Å². The molecule has 0 atom stereocenters. The van der Waals surface area contributed by atoms with Gasteiger partial charge in [0, 0.05) is 0 Å². The van der Waals surface area contributed by atoms with E-state index in [-0.39, 0.29) is 0 Å². The smallest absolute Gasteiger partial charge is 0.0791 e. The van der Waals surface area contributed by atoms with Crippen LogP contribution < -0.4 is 0 Å². The van der Waals surface area contributed by atoms with E-state index in [9.17, 15) is 0 Å². The molecule has 0 aliphatic heterocycles. The van der Waals surface area contributed by atoms with Crippen LogP contribution >= 0.6 is 0 Å². The van der Waals surface area contributed by atoms with E-state index in [1.165, 1.54) is 0 Å². The maximum Gasteiger partial charge on any atom is 0.0791 e. The number of hydrogen-bond donors (Lipinski definition) is 1. The van der Waals surface area contributed by atoms with Gasteiger partial charge in [0.15, 0.2) is 0 Å². The molecule has 0 bridgehead atoms. The Bertz CT molecular complexity index is 252. The predicted octanol–water partition coefficient (Wildman–Crippen LogP) is 3.47. The lowest BCUT2D eigenvalue weighted by Crippen LogP contribution is -1.52. The highest BCUT2D eigenvalue weighted by Crippen LogP contribution is 1.83. The first kappa shape index (κ1) is 11.2. The molecule has 0 fully saturated rings. The van der Waals surface area contributed by atoms with Gasteiger partial charge in [0.05, 0.1) is 6.26 Å². The highest BCUT2D eigenvalue weighted by Gasteiger charge is 1.61. The molecule has 1 heteroatoms. The molecule has 13 heavy (non-hydrogen) atoms. The van der Waals surface area contributed by atoms with Gasteiger partial charge in [-0.1, -0.05) is 61.3 Å². The lowest BCUT2D eigenvalue weighted by atomic mass is 10.4. The van der Waals surface area contributed by atoms with Crippen LogP contribution in [0.4, 0.5) is 0 Å². The third kappa shape index (κ3) is 10.2. The zero-order chi connectivity index (χ0) is 9.78. The van der Waals surface area contributed by atoms with Gasteiger partial charge in [-0.3, -0.25) is 0 Å². The van der Waals surface area contributed by atoms with Gasteiger partial charge < -0.3 is 5.11 Å². The summed E-state index contributed by atoms with van der Waals surface area (Å²) in [6.07, 6.45) is 19.2. The van der Waals surface area contributed by atoms with Crippen molar-refractivity contribution in [1.29, 1.82) is 0 Å². The summed E-state index contributed by atoms with van der Waals surface area (Å²) in [4.78, 5) is 0. The molecule has 0 aliphatic carbocycles. The Kier molecular flexibility index (Phi) is 8.85. The minimum Gasteiger partial charge on any atom is -0.516 e. The summed E-state index contributed by atoms with van der Waals surface area (Å²) >= 11 is 0. The highest BCUT2D eigenvalue weighted by molar-refractivity contribution is 5.18. The Morgan fingerprint density at radius 1 is 0.615 bits per heavy atom. The maximum atomic E-state index is 8.28. The zero-order valence-corrected chi connectivity index (χ0v) is 7.51. The van der Waals surface area contributed by atoms with Gasteiger partial charge in [-0.2, -0.15) is 0 Å². The topological polar surface area (TPSA) is 20.2 Å². The quantitative estimate of drug-likeness (QED) is 0.500. The average Bonchev–Trinajstić information content (AvgIpc) is 2.16. The highest BCUT2D eigenvalue weighted by atomic mass is 16.2. The Hall–Kier alpha value is -1.76. The van der Waals surface area contributed by atoms with Gasteiger partial charge >= 0.3 is 0 Å². The zero-order valence-electron chi connectivity index (χ0n) is 7.51. The van der Waals surface area contributed by atoms with Crippen LogP contribution in [0.1, 0.15) is 0 Å². The molecule has 0 aromatic rings. The van der Waals surface area contributed by atoms with Crippen LogP contribution in [0.2, 0.25) is 0 Å². The SMILES string of the molecule is C=CC=CC=CC=CC=CC=CO. The summed E-state index contributed by atoms with van der Waals surface area (Å²) in [5.74, 6) is 0. The fourth-order valence-corrected chi connectivity index (χ4v) is 0.577. The second-order valence-corrected chi connectivity index (χ2v) is 2.12. The normalized spacial score (nSPS) is 13.2. The summed E-state index contributed by atoms with van der Waals surface area (Å²) < 4.78 is 0. The Morgan fingerprint density at radius 2 is 1.00 bits per heavy atom. The van der Waals surface area contributed by atoms with E-state index in [4.69, 9.17) is 5.11 Å². The predicted molar refractivity (Wildman–Crippen MR) is 58.5 cm³/mol. The largest absolute Gasteiger partial charge is 0.516 e. The van der Waals surface area contributed by atoms with Gasteiger partial charge in [-0.05, 0) is 6.08 Å². The monoisotopic (exact) mass is 174 g/mol. The van der Waals surface area contributed by atoms with Crippen molar-refractivity contribution in [1.82, 2.24) is 0 Å². The van der Waals surface area contributed by atoms with E-state index in [1.807, 2.05) is 42.5 Å². The van der Waals surface area contributed by atoms with E-state index in [0.717, 1.165) is 6.26 Å². The standard InChI is InChI=1S/C12H14O/c1-2-3-4-5-6-7-8-9-10-11-12-13/h2-13H,1H2. The van der Waals surface area contributed by atoms with Crippen LogP contribution in [0.15, 0.2) is 73.6 Å². The Labute approximate surface area is 79.4 Å². The summed E-state index contributed by atoms with van der Waals surface area (Å²) in [6.45, 7) is 3.55. The van der Waals surface area contributed by atoms with Crippen LogP contribution in [0, 0.1) is 0 Å². The van der Waals surface area contributed by atoms with Crippen molar-refractivity contribution in [2.24, 2.45) is 0 Å². The van der Waals surface area contributed by atoms with Gasteiger partial charge in [0.2, 0.25) is 0 Å². The molecule has 0 aliphatic rings. The van der Waals surface area contributed by atoms with Gasteiger partial charge in [-0.25, -0.2) is 0 Å². The molecule has 1 nitrogen and oxygen atoms in total. The van der Waals surface area contributed by atoms with Crippen LogP contribution in [-0.4, -0.2) is 5.11 Å². The van der Waals surface area contributed by atoms with Gasteiger partial charge in [0.25, 0.3) is 0 Å². The third-order valence-electron chi connectivity index (χ3n) is 1.11. The first-order valence-electron chi connectivity index (χ1n) is 4.00. The molecule has 0 unspecified atom stereocenters. The van der Waals surface area contributed by atoms with Crippen molar-refractivity contribution in [3.8, 4) is 0 Å². The first-order valence-corrected chi connectivity index (χ1v) is 4.00. The molecule has 68 valence electrons. The molecule has 0 saturated carbocycles. The second-order valence-electron chi connectivity index (χ2n) is 2.12. The van der Waals surface area contributed by atoms with E-state index in [0.29, 0.717) is 0 Å². The van der Waals surface area contributed by atoms with E-state index in [2.05, 4.69) is 6.58 Å². The molecular weight excluding hydrogens is 160 g/mol. The molecule has 0 aromatic carbocycles. The Balaban J connectivity index is 3.68. The second kappa shape index (κ2) is 10.2. The van der Waals surface area contributed by atoms with Crippen LogP contribution in [-0.2, 0) is 0 Å². The Morgan fingerprint density at radius 3 is 1.38 bits per heavy atom. The summed E-state index contributed by atoms with van der Waals surface area (Å²) in [6, 6.07) is 0. The molecule has 1 N–H and O–H groups in total. The van der Waals surface area contributed by atoms with Gasteiger partial charge in [-0.15, -0.1) is 0 Å². The molecule has 0 amide bonds. The van der Waals surface area contributed by atoms with Crippen molar-refractivity contribution in [3.05, 3.63) is 73.6 Å². The molecule has 0 spiro atoms. The molecule has 0 saturated heterocycles. The minimum absolute atomic E-state index is 0.993. The van der Waals surface area contributed by atoms with Crippen LogP contribution in [0.5, 0.6) is 0 Å². The fraction of sp³-hybridized carbons (Fsp3) is 0. The fourth-order valence-electron chi connectivity index (χ4n) is 0.577. The molecular formula is C12H14O. The number of hydrogen-bond acceptors (Lipinski definition) is 1. The number of rotatable bonds is 5. The first-order chi connectivity index (χ1) is 6.41. The van der Waals surface area contributed by atoms with Gasteiger partial charge in [0.1, 0.15) is 0 Å². The van der Waals surface area contributed by atoms with Crippen molar-refractivity contribution < 1.29 is 5.11 Å². The molecule has 0 rings (SSSR count). The van der Waals surface area contributed by atoms with Crippen molar-refractivity contribution in [3.63, 3.8) is 0 Å². The summed E-state index contributed by atoms with van der Waals surface area (Å²) in [5.41, 5.74) is 0. The van der Waals surface area contributed by atoms with Crippen molar-refractivity contribution >= 4 is 0 Å². The minimum atomic E-state index is 0.993. The lowest BCUT2D eigenvalue weighted by molar-refractivity contribution is 0.474. The van der Waals surface area contributed by atoms with Crippen molar-refractivity contribution in [2.75, 3.05) is 0 Å². The molecule has 0 heterocycles.